The summed E-state index contributed by atoms with van der Waals surface area (Å²) in [4.78, 5) is 4.61. The van der Waals surface area contributed by atoms with E-state index in [1.165, 1.54) is 18.4 Å². The molecule has 0 bridgehead atoms. The highest BCUT2D eigenvalue weighted by molar-refractivity contribution is 7.07. The zero-order chi connectivity index (χ0) is 13.7. The van der Waals surface area contributed by atoms with Gasteiger partial charge in [0, 0.05) is 19.6 Å². The lowest BCUT2D eigenvalue weighted by Crippen LogP contribution is -2.42. The Kier molecular flexibility index (Phi) is 5.82. The van der Waals surface area contributed by atoms with Gasteiger partial charge < -0.3 is 10.0 Å². The molecule has 0 saturated carbocycles. The normalized spacial score (nSPS) is 20.0. The molecular weight excluding hydrogens is 256 g/mol. The number of likely N-dealkylation sites (N-methyl/N-ethyl adjacent to an activating group) is 1. The van der Waals surface area contributed by atoms with Crippen LogP contribution in [0, 0.1) is 5.92 Å². The summed E-state index contributed by atoms with van der Waals surface area (Å²) < 4.78 is 0. The molecule has 3 nitrogen and oxygen atoms in total. The molecule has 0 aliphatic carbocycles. The Hall–Kier alpha value is -0.420. The van der Waals surface area contributed by atoms with E-state index in [0.29, 0.717) is 0 Å². The maximum Gasteiger partial charge on any atom is 0.0793 e. The van der Waals surface area contributed by atoms with Crippen LogP contribution in [0.15, 0.2) is 16.8 Å². The van der Waals surface area contributed by atoms with E-state index in [0.717, 1.165) is 38.6 Å². The Labute approximate surface area is 120 Å². The number of nitrogens with zero attached hydrogens (tertiary/aromatic N) is 2. The van der Waals surface area contributed by atoms with E-state index in [2.05, 4.69) is 40.6 Å². The van der Waals surface area contributed by atoms with Crippen LogP contribution in [0.2, 0.25) is 0 Å². The first-order valence-corrected chi connectivity index (χ1v) is 8.18. The summed E-state index contributed by atoms with van der Waals surface area (Å²) >= 11 is 1.73. The fourth-order valence-corrected chi connectivity index (χ4v) is 3.38. The van der Waals surface area contributed by atoms with E-state index in [1.807, 2.05) is 0 Å². The predicted molar refractivity (Wildman–Crippen MR) is 81.5 cm³/mol. The fraction of sp³-hybridized carbons (Fsp3) is 0.733. The quantitative estimate of drug-likeness (QED) is 0.867. The van der Waals surface area contributed by atoms with Crippen LogP contribution in [0.3, 0.4) is 0 Å². The zero-order valence-corrected chi connectivity index (χ0v) is 12.9. The Morgan fingerprint density at radius 1 is 1.47 bits per heavy atom. The van der Waals surface area contributed by atoms with Crippen LogP contribution in [0.1, 0.15) is 25.3 Å². The number of thiophene rings is 1. The third-order valence-electron chi connectivity index (χ3n) is 3.90. The molecule has 2 rings (SSSR count). The van der Waals surface area contributed by atoms with E-state index in [4.69, 9.17) is 0 Å². The van der Waals surface area contributed by atoms with Gasteiger partial charge in [-0.1, -0.05) is 6.92 Å². The number of hydrogen-bond donors (Lipinski definition) is 1. The first-order chi connectivity index (χ1) is 9.13. The van der Waals surface area contributed by atoms with Crippen molar-refractivity contribution in [2.24, 2.45) is 5.92 Å². The molecule has 0 aromatic carbocycles. The van der Waals surface area contributed by atoms with E-state index in [1.54, 1.807) is 11.3 Å². The third kappa shape index (κ3) is 5.22. The van der Waals surface area contributed by atoms with Crippen molar-refractivity contribution in [3.05, 3.63) is 22.4 Å². The molecule has 0 amide bonds. The number of aliphatic hydroxyl groups excluding tert-OH is 1. The Balaban J connectivity index is 1.67. The SMILES string of the molecule is CC1CCN(CC(O)CN(C)Cc2ccsc2)CC1. The van der Waals surface area contributed by atoms with Gasteiger partial charge in [0.15, 0.2) is 0 Å². The first-order valence-electron chi connectivity index (χ1n) is 7.23. The summed E-state index contributed by atoms with van der Waals surface area (Å²) in [6, 6.07) is 2.15. The molecule has 0 spiro atoms. The van der Waals surface area contributed by atoms with E-state index < -0.39 is 0 Å². The molecular formula is C15H26N2OS. The Morgan fingerprint density at radius 2 is 2.21 bits per heavy atom. The second-order valence-corrected chi connectivity index (χ2v) is 6.75. The van der Waals surface area contributed by atoms with Crippen LogP contribution in [-0.4, -0.2) is 54.2 Å². The summed E-state index contributed by atoms with van der Waals surface area (Å²) in [7, 11) is 2.08. The van der Waals surface area contributed by atoms with Gasteiger partial charge in [-0.05, 0) is 61.3 Å². The van der Waals surface area contributed by atoms with Gasteiger partial charge >= 0.3 is 0 Å². The molecule has 1 aliphatic heterocycles. The summed E-state index contributed by atoms with van der Waals surface area (Å²) in [6.07, 6.45) is 2.31. The van der Waals surface area contributed by atoms with Gasteiger partial charge in [-0.25, -0.2) is 0 Å². The van der Waals surface area contributed by atoms with Crippen molar-refractivity contribution >= 4 is 11.3 Å². The number of likely N-dealkylation sites (tertiary alicyclic amines) is 1. The van der Waals surface area contributed by atoms with Gasteiger partial charge in [0.2, 0.25) is 0 Å². The molecule has 1 N–H and O–H groups in total. The van der Waals surface area contributed by atoms with Crippen molar-refractivity contribution in [1.29, 1.82) is 0 Å². The van der Waals surface area contributed by atoms with Gasteiger partial charge in [-0.2, -0.15) is 11.3 Å². The van der Waals surface area contributed by atoms with Gasteiger partial charge in [-0.3, -0.25) is 4.90 Å². The van der Waals surface area contributed by atoms with Crippen LogP contribution < -0.4 is 0 Å². The third-order valence-corrected chi connectivity index (χ3v) is 4.63. The second-order valence-electron chi connectivity index (χ2n) is 5.97. The molecule has 1 unspecified atom stereocenters. The number of hydrogen-bond acceptors (Lipinski definition) is 4. The molecule has 1 saturated heterocycles. The van der Waals surface area contributed by atoms with Gasteiger partial charge in [-0.15, -0.1) is 0 Å². The smallest absolute Gasteiger partial charge is 0.0793 e. The highest BCUT2D eigenvalue weighted by Gasteiger charge is 2.19. The van der Waals surface area contributed by atoms with Crippen molar-refractivity contribution in [3.63, 3.8) is 0 Å². The standard InChI is InChI=1S/C15H26N2OS/c1-13-3-6-17(7-4-13)11-15(18)10-16(2)9-14-5-8-19-12-14/h5,8,12-13,15,18H,3-4,6-7,9-11H2,1-2H3. The van der Waals surface area contributed by atoms with Crippen LogP contribution in [-0.2, 0) is 6.54 Å². The minimum Gasteiger partial charge on any atom is -0.390 e. The lowest BCUT2D eigenvalue weighted by molar-refractivity contribution is 0.0663. The molecule has 1 atom stereocenters. The predicted octanol–water partition coefficient (Wildman–Crippen LogP) is 2.27. The molecule has 1 aromatic rings. The van der Waals surface area contributed by atoms with Crippen molar-refractivity contribution in [2.75, 3.05) is 33.2 Å². The number of β-amino-alcohol motifs (C(OH)–C–C–N with tert-alkyl or cyclic N) is 1. The summed E-state index contributed by atoms with van der Waals surface area (Å²) in [5, 5.41) is 14.5. The lowest BCUT2D eigenvalue weighted by Gasteiger charge is -2.32. The highest BCUT2D eigenvalue weighted by Crippen LogP contribution is 2.16. The first kappa shape index (κ1) is 15.0. The minimum absolute atomic E-state index is 0.239. The molecule has 1 aromatic heterocycles. The van der Waals surface area contributed by atoms with Crippen molar-refractivity contribution in [1.82, 2.24) is 9.80 Å². The molecule has 1 aliphatic rings. The summed E-state index contributed by atoms with van der Waals surface area (Å²) in [5.74, 6) is 0.856. The number of aliphatic hydroxyl groups is 1. The van der Waals surface area contributed by atoms with Crippen LogP contribution in [0.25, 0.3) is 0 Å². The monoisotopic (exact) mass is 282 g/mol. The average molecular weight is 282 g/mol. The summed E-state index contributed by atoms with van der Waals surface area (Å²) in [5.41, 5.74) is 1.34. The molecule has 1 fully saturated rings. The maximum absolute atomic E-state index is 10.2. The van der Waals surface area contributed by atoms with E-state index in [9.17, 15) is 5.11 Å². The van der Waals surface area contributed by atoms with E-state index in [-0.39, 0.29) is 6.10 Å². The molecule has 0 radical (unpaired) electrons. The van der Waals surface area contributed by atoms with Gasteiger partial charge in [0.1, 0.15) is 0 Å². The largest absolute Gasteiger partial charge is 0.390 e. The van der Waals surface area contributed by atoms with Crippen molar-refractivity contribution < 1.29 is 5.11 Å². The highest BCUT2D eigenvalue weighted by atomic mass is 32.1. The van der Waals surface area contributed by atoms with E-state index >= 15 is 0 Å². The lowest BCUT2D eigenvalue weighted by atomic mass is 9.99. The Bertz CT molecular complexity index is 347. The zero-order valence-electron chi connectivity index (χ0n) is 12.1. The minimum atomic E-state index is -0.239. The number of rotatable bonds is 6. The molecule has 108 valence electrons. The average Bonchev–Trinajstić information content (AvgIpc) is 2.84. The Morgan fingerprint density at radius 3 is 2.84 bits per heavy atom. The van der Waals surface area contributed by atoms with Crippen molar-refractivity contribution in [2.45, 2.75) is 32.4 Å². The maximum atomic E-state index is 10.2. The summed E-state index contributed by atoms with van der Waals surface area (Å²) in [6.45, 7) is 7.11. The molecule has 19 heavy (non-hydrogen) atoms. The van der Waals surface area contributed by atoms with Crippen LogP contribution >= 0.6 is 11.3 Å². The second kappa shape index (κ2) is 7.39. The van der Waals surface area contributed by atoms with Crippen LogP contribution in [0.4, 0.5) is 0 Å². The van der Waals surface area contributed by atoms with Gasteiger partial charge in [0.05, 0.1) is 6.10 Å². The fourth-order valence-electron chi connectivity index (χ4n) is 2.72. The number of piperidine rings is 1. The van der Waals surface area contributed by atoms with Gasteiger partial charge in [0.25, 0.3) is 0 Å². The van der Waals surface area contributed by atoms with Crippen LogP contribution in [0.5, 0.6) is 0 Å². The topological polar surface area (TPSA) is 26.7 Å². The van der Waals surface area contributed by atoms with Crippen molar-refractivity contribution in [3.8, 4) is 0 Å². The molecule has 2 heterocycles. The molecule has 4 heteroatoms.